The maximum absolute atomic E-state index is 12.1. The molecule has 0 spiro atoms. The largest absolute Gasteiger partial charge is 0.497 e. The lowest BCUT2D eigenvalue weighted by Gasteiger charge is -2.24. The Hall–Kier alpha value is -2.83. The zero-order valence-electron chi connectivity index (χ0n) is 16.1. The van der Waals surface area contributed by atoms with Crippen LogP contribution in [0.1, 0.15) is 39.2 Å². The van der Waals surface area contributed by atoms with Crippen molar-refractivity contribution in [2.75, 3.05) is 13.7 Å². The second-order valence-electron chi connectivity index (χ2n) is 6.60. The summed E-state index contributed by atoms with van der Waals surface area (Å²) >= 11 is 0. The monoisotopic (exact) mass is 378 g/mol. The summed E-state index contributed by atoms with van der Waals surface area (Å²) in [5, 5.41) is 8.96. The lowest BCUT2D eigenvalue weighted by Crippen LogP contribution is -2.34. The smallest absolute Gasteiger partial charge is 0.330 e. The van der Waals surface area contributed by atoms with Crippen molar-refractivity contribution in [1.82, 2.24) is 0 Å². The molecule has 1 N–H and O–H groups in total. The molecule has 1 aromatic rings. The van der Waals surface area contributed by atoms with Crippen LogP contribution in [0.3, 0.4) is 0 Å². The lowest BCUT2D eigenvalue weighted by molar-refractivity contribution is -0.168. The van der Waals surface area contributed by atoms with Gasteiger partial charge >= 0.3 is 17.9 Å². The second-order valence-corrected chi connectivity index (χ2v) is 6.60. The van der Waals surface area contributed by atoms with E-state index in [1.54, 1.807) is 51.3 Å². The standard InChI is InChI=1S/C20H26O7/c1-5-20(2,3)19(24)27-16(12-17(21)22)13-26-18(23)11-8-14-6-9-15(25-4)10-7-14/h6-11,16H,5,12-13H2,1-4H3,(H,21,22)/b11-8+. The van der Waals surface area contributed by atoms with Gasteiger partial charge in [-0.15, -0.1) is 0 Å². The van der Waals surface area contributed by atoms with Crippen LogP contribution in [0.25, 0.3) is 6.08 Å². The number of benzene rings is 1. The third kappa shape index (κ3) is 7.94. The Morgan fingerprint density at radius 3 is 2.33 bits per heavy atom. The number of hydrogen-bond acceptors (Lipinski definition) is 6. The van der Waals surface area contributed by atoms with Gasteiger partial charge in [0, 0.05) is 6.08 Å². The molecule has 7 nitrogen and oxygen atoms in total. The highest BCUT2D eigenvalue weighted by atomic mass is 16.6. The predicted octanol–water partition coefficient (Wildman–Crippen LogP) is 3.07. The molecule has 0 aliphatic carbocycles. The molecule has 0 aliphatic rings. The van der Waals surface area contributed by atoms with E-state index in [-0.39, 0.29) is 6.61 Å². The molecular formula is C20H26O7. The molecule has 148 valence electrons. The number of esters is 2. The van der Waals surface area contributed by atoms with Gasteiger partial charge in [0.1, 0.15) is 18.5 Å². The third-order valence-electron chi connectivity index (χ3n) is 4.05. The number of aliphatic carboxylic acids is 1. The number of carboxylic acid groups (broad SMARTS) is 1. The van der Waals surface area contributed by atoms with Crippen LogP contribution in [0, 0.1) is 5.41 Å². The number of hydrogen-bond donors (Lipinski definition) is 1. The Bertz CT molecular complexity index is 674. The molecule has 1 unspecified atom stereocenters. The van der Waals surface area contributed by atoms with E-state index in [0.29, 0.717) is 12.2 Å². The average Bonchev–Trinajstić information content (AvgIpc) is 2.64. The molecule has 7 heteroatoms. The summed E-state index contributed by atoms with van der Waals surface area (Å²) in [4.78, 5) is 34.9. The van der Waals surface area contributed by atoms with Crippen LogP contribution in [0.15, 0.2) is 30.3 Å². The first-order valence-electron chi connectivity index (χ1n) is 8.59. The van der Waals surface area contributed by atoms with E-state index in [4.69, 9.17) is 19.3 Å². The number of carbonyl (C=O) groups is 3. The molecule has 0 amide bonds. The lowest BCUT2D eigenvalue weighted by atomic mass is 9.90. The maximum atomic E-state index is 12.1. The van der Waals surface area contributed by atoms with Crippen molar-refractivity contribution in [3.05, 3.63) is 35.9 Å². The van der Waals surface area contributed by atoms with Crippen LogP contribution < -0.4 is 4.74 Å². The molecule has 0 bridgehead atoms. The van der Waals surface area contributed by atoms with Crippen molar-refractivity contribution in [3.63, 3.8) is 0 Å². The average molecular weight is 378 g/mol. The fourth-order valence-electron chi connectivity index (χ4n) is 1.89. The summed E-state index contributed by atoms with van der Waals surface area (Å²) in [6, 6.07) is 7.04. The summed E-state index contributed by atoms with van der Waals surface area (Å²) in [6.07, 6.45) is 1.83. The molecule has 0 aliphatic heterocycles. The highest BCUT2D eigenvalue weighted by Crippen LogP contribution is 2.23. The summed E-state index contributed by atoms with van der Waals surface area (Å²) in [6.45, 7) is 4.91. The highest BCUT2D eigenvalue weighted by molar-refractivity contribution is 5.87. The normalized spacial score (nSPS) is 12.4. The van der Waals surface area contributed by atoms with Gasteiger partial charge in [-0.05, 0) is 44.0 Å². The summed E-state index contributed by atoms with van der Waals surface area (Å²) in [5.74, 6) is -1.64. The van der Waals surface area contributed by atoms with Gasteiger partial charge in [-0.3, -0.25) is 9.59 Å². The molecule has 0 radical (unpaired) electrons. The van der Waals surface area contributed by atoms with Gasteiger partial charge in [-0.25, -0.2) is 4.79 Å². The Labute approximate surface area is 158 Å². The third-order valence-corrected chi connectivity index (χ3v) is 4.05. The Balaban J connectivity index is 2.62. The molecule has 0 saturated carbocycles. The Morgan fingerprint density at radius 2 is 1.81 bits per heavy atom. The van der Waals surface area contributed by atoms with Gasteiger partial charge < -0.3 is 19.3 Å². The fraction of sp³-hybridized carbons (Fsp3) is 0.450. The molecule has 0 saturated heterocycles. The minimum absolute atomic E-state index is 0.330. The van der Waals surface area contributed by atoms with Gasteiger partial charge in [0.05, 0.1) is 18.9 Å². The van der Waals surface area contributed by atoms with Crippen LogP contribution >= 0.6 is 0 Å². The topological polar surface area (TPSA) is 99.1 Å². The van der Waals surface area contributed by atoms with Gasteiger partial charge in [0.25, 0.3) is 0 Å². The van der Waals surface area contributed by atoms with E-state index in [2.05, 4.69) is 0 Å². The van der Waals surface area contributed by atoms with Gasteiger partial charge in [-0.2, -0.15) is 0 Å². The summed E-state index contributed by atoms with van der Waals surface area (Å²) in [7, 11) is 1.56. The van der Waals surface area contributed by atoms with Crippen molar-refractivity contribution in [3.8, 4) is 5.75 Å². The van der Waals surface area contributed by atoms with E-state index in [1.807, 2.05) is 6.92 Å². The number of methoxy groups -OCH3 is 1. The Morgan fingerprint density at radius 1 is 1.19 bits per heavy atom. The number of ether oxygens (including phenoxy) is 3. The van der Waals surface area contributed by atoms with Gasteiger partial charge in [-0.1, -0.05) is 19.1 Å². The zero-order chi connectivity index (χ0) is 20.4. The Kier molecular flexibility index (Phi) is 8.51. The van der Waals surface area contributed by atoms with Gasteiger partial charge in [0.2, 0.25) is 0 Å². The van der Waals surface area contributed by atoms with E-state index in [0.717, 1.165) is 5.56 Å². The molecule has 27 heavy (non-hydrogen) atoms. The van der Waals surface area contributed by atoms with Crippen LogP contribution in [0.4, 0.5) is 0 Å². The van der Waals surface area contributed by atoms with E-state index in [9.17, 15) is 14.4 Å². The minimum Gasteiger partial charge on any atom is -0.497 e. The highest BCUT2D eigenvalue weighted by Gasteiger charge is 2.30. The second kappa shape index (κ2) is 10.4. The van der Waals surface area contributed by atoms with Crippen LogP contribution in [-0.2, 0) is 23.9 Å². The van der Waals surface area contributed by atoms with E-state index >= 15 is 0 Å². The minimum atomic E-state index is -1.15. The molecule has 1 aromatic carbocycles. The van der Waals surface area contributed by atoms with Crippen molar-refractivity contribution >= 4 is 24.0 Å². The van der Waals surface area contributed by atoms with E-state index in [1.165, 1.54) is 6.08 Å². The van der Waals surface area contributed by atoms with Crippen molar-refractivity contribution in [1.29, 1.82) is 0 Å². The SMILES string of the molecule is CCC(C)(C)C(=O)OC(COC(=O)/C=C/c1ccc(OC)cc1)CC(=O)O. The number of rotatable bonds is 10. The summed E-state index contributed by atoms with van der Waals surface area (Å²) < 4.78 is 15.3. The molecule has 0 heterocycles. The molecule has 1 atom stereocenters. The maximum Gasteiger partial charge on any atom is 0.330 e. The molecule has 0 aromatic heterocycles. The predicted molar refractivity (Wildman–Crippen MR) is 99.2 cm³/mol. The number of carboxylic acids is 1. The molecule has 0 fully saturated rings. The first-order valence-corrected chi connectivity index (χ1v) is 8.59. The zero-order valence-corrected chi connectivity index (χ0v) is 16.1. The molecular weight excluding hydrogens is 352 g/mol. The van der Waals surface area contributed by atoms with Gasteiger partial charge in [0.15, 0.2) is 0 Å². The van der Waals surface area contributed by atoms with Crippen LogP contribution in [-0.4, -0.2) is 42.8 Å². The van der Waals surface area contributed by atoms with Crippen LogP contribution in [0.2, 0.25) is 0 Å². The van der Waals surface area contributed by atoms with Crippen LogP contribution in [0.5, 0.6) is 5.75 Å². The van der Waals surface area contributed by atoms with Crippen molar-refractivity contribution in [2.24, 2.45) is 5.41 Å². The summed E-state index contributed by atoms with van der Waals surface area (Å²) in [5.41, 5.74) is 0.0284. The number of carbonyl (C=O) groups excluding carboxylic acids is 2. The first kappa shape index (κ1) is 22.2. The van der Waals surface area contributed by atoms with Crippen molar-refractivity contribution in [2.45, 2.75) is 39.7 Å². The van der Waals surface area contributed by atoms with Crippen molar-refractivity contribution < 1.29 is 33.7 Å². The quantitative estimate of drug-likeness (QED) is 0.493. The first-order chi connectivity index (χ1) is 12.7. The van der Waals surface area contributed by atoms with E-state index < -0.39 is 35.8 Å². The fourth-order valence-corrected chi connectivity index (χ4v) is 1.89. The molecule has 1 rings (SSSR count).